The molecule has 72 valence electrons. The molecule has 0 bridgehead atoms. The smallest absolute Gasteiger partial charge is 0.142 e. The van der Waals surface area contributed by atoms with Crippen molar-refractivity contribution < 1.29 is 9.84 Å². The first kappa shape index (κ1) is 10.8. The molecule has 0 aromatic heterocycles. The normalized spacial score (nSPS) is 10.1. The molecule has 1 aromatic carbocycles. The summed E-state index contributed by atoms with van der Waals surface area (Å²) in [6.45, 7) is 0. The third-order valence-electron chi connectivity index (χ3n) is 1.33. The number of aromatic hydroxyl groups is 1. The van der Waals surface area contributed by atoms with E-state index in [0.29, 0.717) is 16.7 Å². The molecule has 0 aliphatic heterocycles. The highest BCUT2D eigenvalue weighted by molar-refractivity contribution is 7.98. The quantitative estimate of drug-likeness (QED) is 0.819. The van der Waals surface area contributed by atoms with E-state index in [-0.39, 0.29) is 10.8 Å². The van der Waals surface area contributed by atoms with Crippen LogP contribution in [0.2, 0.25) is 10.0 Å². The first-order valence-electron chi connectivity index (χ1n) is 3.45. The van der Waals surface area contributed by atoms with Crippen LogP contribution in [0.25, 0.3) is 0 Å². The molecule has 2 nitrogen and oxygen atoms in total. The van der Waals surface area contributed by atoms with Gasteiger partial charge in [-0.15, -0.1) is 11.8 Å². The Bertz CT molecular complexity index is 304. The number of hydrogen-bond donors (Lipinski definition) is 1. The lowest BCUT2D eigenvalue weighted by molar-refractivity contribution is 0.388. The maximum Gasteiger partial charge on any atom is 0.142 e. The molecule has 0 aliphatic rings. The van der Waals surface area contributed by atoms with Gasteiger partial charge in [-0.1, -0.05) is 23.2 Å². The molecule has 13 heavy (non-hydrogen) atoms. The minimum Gasteiger partial charge on any atom is -0.506 e. The Labute approximate surface area is 90.8 Å². The van der Waals surface area contributed by atoms with Crippen molar-refractivity contribution in [3.8, 4) is 11.5 Å². The van der Waals surface area contributed by atoms with Crippen LogP contribution in [0.3, 0.4) is 0 Å². The van der Waals surface area contributed by atoms with Crippen molar-refractivity contribution in [3.63, 3.8) is 0 Å². The molecule has 0 heterocycles. The summed E-state index contributed by atoms with van der Waals surface area (Å²) in [4.78, 5) is 0. The van der Waals surface area contributed by atoms with Gasteiger partial charge in [-0.05, 0) is 12.3 Å². The molecule has 0 saturated heterocycles. The topological polar surface area (TPSA) is 29.5 Å². The molecule has 1 N–H and O–H groups in total. The molecule has 0 aliphatic carbocycles. The van der Waals surface area contributed by atoms with Crippen LogP contribution in [0.5, 0.6) is 11.5 Å². The van der Waals surface area contributed by atoms with Gasteiger partial charge < -0.3 is 9.84 Å². The minimum absolute atomic E-state index is 0.0258. The van der Waals surface area contributed by atoms with E-state index < -0.39 is 0 Å². The Morgan fingerprint density at radius 2 is 2.08 bits per heavy atom. The van der Waals surface area contributed by atoms with Gasteiger partial charge >= 0.3 is 0 Å². The van der Waals surface area contributed by atoms with Crippen LogP contribution >= 0.6 is 35.0 Å². The van der Waals surface area contributed by atoms with Gasteiger partial charge in [0.15, 0.2) is 0 Å². The summed E-state index contributed by atoms with van der Waals surface area (Å²) in [5, 5.41) is 9.87. The first-order valence-corrected chi connectivity index (χ1v) is 5.60. The SMILES string of the molecule is CSCOc1cc(O)c(Cl)cc1Cl. The third kappa shape index (κ3) is 2.86. The van der Waals surface area contributed by atoms with Gasteiger partial charge in [-0.3, -0.25) is 0 Å². The van der Waals surface area contributed by atoms with Crippen LogP contribution in [0.4, 0.5) is 0 Å². The van der Waals surface area contributed by atoms with Gasteiger partial charge in [-0.2, -0.15) is 0 Å². The second-order valence-corrected chi connectivity index (χ2v) is 3.91. The highest BCUT2D eigenvalue weighted by Crippen LogP contribution is 2.34. The average Bonchev–Trinajstić information content (AvgIpc) is 2.09. The van der Waals surface area contributed by atoms with Crippen LogP contribution in [0.1, 0.15) is 0 Å². The Kier molecular flexibility index (Phi) is 4.03. The minimum atomic E-state index is -0.0258. The summed E-state index contributed by atoms with van der Waals surface area (Å²) in [5.74, 6) is 0.904. The highest BCUT2D eigenvalue weighted by Gasteiger charge is 2.06. The van der Waals surface area contributed by atoms with Crippen molar-refractivity contribution in [3.05, 3.63) is 22.2 Å². The van der Waals surface area contributed by atoms with Crippen molar-refractivity contribution in [1.82, 2.24) is 0 Å². The van der Waals surface area contributed by atoms with E-state index in [1.807, 2.05) is 6.26 Å². The summed E-state index contributed by atoms with van der Waals surface area (Å²) in [6.07, 6.45) is 1.91. The van der Waals surface area contributed by atoms with E-state index in [2.05, 4.69) is 0 Å². The lowest BCUT2D eigenvalue weighted by Crippen LogP contribution is -1.92. The summed E-state index contributed by atoms with van der Waals surface area (Å²) >= 11 is 13.0. The maximum atomic E-state index is 9.25. The summed E-state index contributed by atoms with van der Waals surface area (Å²) in [6, 6.07) is 2.86. The molecular formula is C8H8Cl2O2S. The summed E-state index contributed by atoms with van der Waals surface area (Å²) in [7, 11) is 0. The van der Waals surface area contributed by atoms with E-state index in [9.17, 15) is 5.11 Å². The Morgan fingerprint density at radius 3 is 2.69 bits per heavy atom. The number of halogens is 2. The number of phenolic OH excluding ortho intramolecular Hbond substituents is 1. The van der Waals surface area contributed by atoms with E-state index in [1.165, 1.54) is 23.9 Å². The van der Waals surface area contributed by atoms with E-state index in [4.69, 9.17) is 27.9 Å². The highest BCUT2D eigenvalue weighted by atomic mass is 35.5. The standard InChI is InChI=1S/C8H8Cl2O2S/c1-13-4-12-8-3-7(11)5(9)2-6(8)10/h2-3,11H,4H2,1H3. The van der Waals surface area contributed by atoms with E-state index in [0.717, 1.165) is 0 Å². The van der Waals surface area contributed by atoms with Crippen LogP contribution in [0.15, 0.2) is 12.1 Å². The summed E-state index contributed by atoms with van der Waals surface area (Å²) < 4.78 is 5.23. The number of phenols is 1. The number of benzene rings is 1. The van der Waals surface area contributed by atoms with Gasteiger partial charge in [0.05, 0.1) is 10.0 Å². The fourth-order valence-corrected chi connectivity index (χ4v) is 1.43. The van der Waals surface area contributed by atoms with Crippen molar-refractivity contribution in [2.24, 2.45) is 0 Å². The molecule has 0 radical (unpaired) electrons. The molecule has 5 heteroatoms. The maximum absolute atomic E-state index is 9.25. The van der Waals surface area contributed by atoms with E-state index >= 15 is 0 Å². The zero-order valence-corrected chi connectivity index (χ0v) is 9.21. The van der Waals surface area contributed by atoms with Gasteiger partial charge in [-0.25, -0.2) is 0 Å². The van der Waals surface area contributed by atoms with Crippen LogP contribution < -0.4 is 4.74 Å². The fourth-order valence-electron chi connectivity index (χ4n) is 0.751. The van der Waals surface area contributed by atoms with Crippen molar-refractivity contribution >= 4 is 35.0 Å². The Morgan fingerprint density at radius 1 is 1.38 bits per heavy atom. The zero-order valence-electron chi connectivity index (χ0n) is 6.88. The molecule has 0 unspecified atom stereocenters. The van der Waals surface area contributed by atoms with Gasteiger partial charge in [0, 0.05) is 6.07 Å². The van der Waals surface area contributed by atoms with Crippen molar-refractivity contribution in [2.45, 2.75) is 0 Å². The first-order chi connectivity index (χ1) is 6.15. The summed E-state index contributed by atoms with van der Waals surface area (Å²) in [5.41, 5.74) is 0. The predicted molar refractivity (Wildman–Crippen MR) is 57.1 cm³/mol. The largest absolute Gasteiger partial charge is 0.506 e. The number of thioether (sulfide) groups is 1. The van der Waals surface area contributed by atoms with E-state index in [1.54, 1.807) is 0 Å². The molecule has 0 spiro atoms. The van der Waals surface area contributed by atoms with Crippen LogP contribution in [-0.4, -0.2) is 17.3 Å². The molecule has 1 aromatic rings. The molecule has 0 amide bonds. The van der Waals surface area contributed by atoms with Gasteiger partial charge in [0.25, 0.3) is 0 Å². The molecule has 0 atom stereocenters. The predicted octanol–water partition coefficient (Wildman–Crippen LogP) is 3.40. The second kappa shape index (κ2) is 4.84. The molecular weight excluding hydrogens is 231 g/mol. The van der Waals surface area contributed by atoms with Crippen molar-refractivity contribution in [2.75, 3.05) is 12.2 Å². The number of ether oxygens (including phenoxy) is 1. The lowest BCUT2D eigenvalue weighted by atomic mass is 10.3. The molecule has 0 fully saturated rings. The van der Waals surface area contributed by atoms with Crippen LogP contribution in [0, 0.1) is 0 Å². The average molecular weight is 239 g/mol. The number of rotatable bonds is 3. The van der Waals surface area contributed by atoms with Crippen LogP contribution in [-0.2, 0) is 0 Å². The monoisotopic (exact) mass is 238 g/mol. The fraction of sp³-hybridized carbons (Fsp3) is 0.250. The molecule has 1 rings (SSSR count). The second-order valence-electron chi connectivity index (χ2n) is 2.28. The number of hydrogen-bond acceptors (Lipinski definition) is 3. The Balaban J connectivity index is 2.88. The molecule has 0 saturated carbocycles. The Hall–Kier alpha value is -0.250. The third-order valence-corrected chi connectivity index (χ3v) is 2.29. The van der Waals surface area contributed by atoms with Gasteiger partial charge in [0.1, 0.15) is 17.4 Å². The van der Waals surface area contributed by atoms with Crippen molar-refractivity contribution in [1.29, 1.82) is 0 Å². The zero-order chi connectivity index (χ0) is 9.84. The van der Waals surface area contributed by atoms with Gasteiger partial charge in [0.2, 0.25) is 0 Å². The lowest BCUT2D eigenvalue weighted by Gasteiger charge is -2.07.